The Morgan fingerprint density at radius 2 is 2.17 bits per heavy atom. The second-order valence-corrected chi connectivity index (χ2v) is 2.82. The van der Waals surface area contributed by atoms with Crippen molar-refractivity contribution in [1.82, 2.24) is 5.32 Å². The summed E-state index contributed by atoms with van der Waals surface area (Å²) in [6.07, 6.45) is 2.19. The van der Waals surface area contributed by atoms with Gasteiger partial charge in [0.05, 0.1) is 6.61 Å². The van der Waals surface area contributed by atoms with E-state index in [1.165, 1.54) is 5.56 Å². The van der Waals surface area contributed by atoms with Gasteiger partial charge in [0.25, 0.3) is 0 Å². The van der Waals surface area contributed by atoms with Gasteiger partial charge in [-0.15, -0.1) is 0 Å². The second-order valence-electron chi connectivity index (χ2n) is 2.82. The minimum Gasteiger partial charge on any atom is -0.361 e. The Balaban J connectivity index is 1.94. The molecule has 1 aliphatic rings. The Labute approximate surface area is 72.5 Å². The zero-order valence-electron chi connectivity index (χ0n) is 6.86. The summed E-state index contributed by atoms with van der Waals surface area (Å²) >= 11 is 0. The summed E-state index contributed by atoms with van der Waals surface area (Å²) in [5, 5.41) is 3.23. The third kappa shape index (κ3) is 1.84. The maximum absolute atomic E-state index is 5.39. The fraction of sp³-hybridized carbons (Fsp3) is 0.300. The summed E-state index contributed by atoms with van der Waals surface area (Å²) in [6.45, 7) is 1.77. The van der Waals surface area contributed by atoms with Crippen molar-refractivity contribution in [2.24, 2.45) is 0 Å². The number of hydrogen-bond acceptors (Lipinski definition) is 2. The van der Waals surface area contributed by atoms with Crippen LogP contribution in [-0.2, 0) is 4.74 Å². The van der Waals surface area contributed by atoms with Crippen LogP contribution in [-0.4, -0.2) is 19.4 Å². The van der Waals surface area contributed by atoms with Crippen LogP contribution in [0, 0.1) is 6.42 Å². The molecule has 1 fully saturated rings. The molecule has 1 aromatic rings. The van der Waals surface area contributed by atoms with Crippen LogP contribution >= 0.6 is 0 Å². The third-order valence-corrected chi connectivity index (χ3v) is 1.89. The summed E-state index contributed by atoms with van der Waals surface area (Å²) in [4.78, 5) is 0. The molecule has 2 rings (SSSR count). The zero-order chi connectivity index (χ0) is 8.23. The quantitative estimate of drug-likeness (QED) is 0.705. The summed E-state index contributed by atoms with van der Waals surface area (Å²) in [7, 11) is 0. The van der Waals surface area contributed by atoms with E-state index in [4.69, 9.17) is 4.74 Å². The monoisotopic (exact) mass is 162 g/mol. The van der Waals surface area contributed by atoms with Crippen LogP contribution in [0.2, 0.25) is 0 Å². The predicted molar refractivity (Wildman–Crippen MR) is 47.6 cm³/mol. The van der Waals surface area contributed by atoms with Crippen molar-refractivity contribution < 1.29 is 4.74 Å². The van der Waals surface area contributed by atoms with Crippen LogP contribution in [0.25, 0.3) is 0 Å². The Kier molecular flexibility index (Phi) is 2.39. The van der Waals surface area contributed by atoms with Crippen molar-refractivity contribution in [2.75, 3.05) is 13.2 Å². The van der Waals surface area contributed by atoms with Gasteiger partial charge >= 0.3 is 0 Å². The molecular weight excluding hydrogens is 150 g/mol. The maximum Gasteiger partial charge on any atom is 0.115 e. The van der Waals surface area contributed by atoms with Crippen molar-refractivity contribution in [3.8, 4) is 0 Å². The third-order valence-electron chi connectivity index (χ3n) is 1.89. The topological polar surface area (TPSA) is 21.3 Å². The molecule has 0 amide bonds. The van der Waals surface area contributed by atoms with Gasteiger partial charge in [0.2, 0.25) is 0 Å². The van der Waals surface area contributed by atoms with Gasteiger partial charge in [0, 0.05) is 13.0 Å². The molecule has 63 valence electrons. The molecule has 1 aliphatic heterocycles. The number of hydrogen-bond donors (Lipinski definition) is 1. The Hall–Kier alpha value is -0.860. The summed E-state index contributed by atoms with van der Waals surface area (Å²) < 4.78 is 5.39. The highest BCUT2D eigenvalue weighted by atomic mass is 16.5. The van der Waals surface area contributed by atoms with E-state index < -0.39 is 0 Å². The van der Waals surface area contributed by atoms with Crippen molar-refractivity contribution in [3.63, 3.8) is 0 Å². The molecule has 12 heavy (non-hydrogen) atoms. The van der Waals surface area contributed by atoms with Gasteiger partial charge in [-0.3, -0.25) is 5.32 Å². The highest BCUT2D eigenvalue weighted by Gasteiger charge is 2.14. The van der Waals surface area contributed by atoms with Gasteiger partial charge in [-0.1, -0.05) is 30.3 Å². The summed E-state index contributed by atoms with van der Waals surface area (Å²) in [5.74, 6) is 0. The van der Waals surface area contributed by atoms with Gasteiger partial charge in [0.1, 0.15) is 6.23 Å². The van der Waals surface area contributed by atoms with Gasteiger partial charge in [-0.05, 0) is 5.56 Å². The lowest BCUT2D eigenvalue weighted by molar-refractivity contribution is 0.128. The van der Waals surface area contributed by atoms with Crippen LogP contribution in [0.1, 0.15) is 5.56 Å². The summed E-state index contributed by atoms with van der Waals surface area (Å²) in [6, 6.07) is 10.2. The lowest BCUT2D eigenvalue weighted by Gasteiger charge is -2.08. The molecule has 2 nitrogen and oxygen atoms in total. The van der Waals surface area contributed by atoms with Gasteiger partial charge in [-0.2, -0.15) is 0 Å². The van der Waals surface area contributed by atoms with Gasteiger partial charge in [0.15, 0.2) is 0 Å². The highest BCUT2D eigenvalue weighted by molar-refractivity contribution is 5.23. The smallest absolute Gasteiger partial charge is 0.115 e. The van der Waals surface area contributed by atoms with E-state index in [1.54, 1.807) is 0 Å². The molecule has 1 aromatic carbocycles. The summed E-state index contributed by atoms with van der Waals surface area (Å²) in [5.41, 5.74) is 1.21. The first-order valence-electron chi connectivity index (χ1n) is 4.20. The van der Waals surface area contributed by atoms with E-state index in [0.717, 1.165) is 13.2 Å². The average molecular weight is 162 g/mol. The molecule has 1 radical (unpaired) electrons. The minimum atomic E-state index is 0.104. The molecule has 0 aliphatic carbocycles. The molecule has 0 spiro atoms. The van der Waals surface area contributed by atoms with E-state index in [-0.39, 0.29) is 6.23 Å². The van der Waals surface area contributed by atoms with Crippen molar-refractivity contribution in [1.29, 1.82) is 0 Å². The predicted octanol–water partition coefficient (Wildman–Crippen LogP) is 1.18. The van der Waals surface area contributed by atoms with E-state index in [1.807, 2.05) is 18.2 Å². The lowest BCUT2D eigenvalue weighted by atomic mass is 10.1. The molecule has 1 heterocycles. The number of nitrogens with one attached hydrogen (secondary N) is 1. The fourth-order valence-electron chi connectivity index (χ4n) is 1.29. The average Bonchev–Trinajstić information content (AvgIpc) is 2.59. The Bertz CT molecular complexity index is 229. The molecule has 0 bridgehead atoms. The molecule has 1 atom stereocenters. The first-order valence-corrected chi connectivity index (χ1v) is 4.20. The largest absolute Gasteiger partial charge is 0.361 e. The van der Waals surface area contributed by atoms with Crippen LogP contribution < -0.4 is 5.32 Å². The Morgan fingerprint density at radius 3 is 2.83 bits per heavy atom. The van der Waals surface area contributed by atoms with Crippen molar-refractivity contribution in [2.45, 2.75) is 6.23 Å². The maximum atomic E-state index is 5.39. The Morgan fingerprint density at radius 1 is 1.33 bits per heavy atom. The second kappa shape index (κ2) is 3.70. The van der Waals surface area contributed by atoms with E-state index >= 15 is 0 Å². The lowest BCUT2D eigenvalue weighted by Crippen LogP contribution is -2.23. The van der Waals surface area contributed by atoms with Crippen LogP contribution in [0.15, 0.2) is 30.3 Å². The van der Waals surface area contributed by atoms with Crippen LogP contribution in [0.4, 0.5) is 0 Å². The molecule has 1 saturated heterocycles. The molecule has 1 unspecified atom stereocenters. The molecule has 2 heteroatoms. The minimum absolute atomic E-state index is 0.104. The van der Waals surface area contributed by atoms with Gasteiger partial charge < -0.3 is 4.74 Å². The van der Waals surface area contributed by atoms with Crippen LogP contribution in [0.5, 0.6) is 0 Å². The van der Waals surface area contributed by atoms with Crippen molar-refractivity contribution in [3.05, 3.63) is 42.3 Å². The molecular formula is C10H12NO. The standard InChI is InChI=1S/C10H12NO/c1-2-4-9(5-3-1)8-10-11-6-7-12-10/h1-5,8,10-11H,6-7H2. The number of ether oxygens (including phenoxy) is 1. The molecule has 0 aromatic heterocycles. The molecule has 0 saturated carbocycles. The zero-order valence-corrected chi connectivity index (χ0v) is 6.86. The molecule has 1 N–H and O–H groups in total. The van der Waals surface area contributed by atoms with E-state index in [0.29, 0.717) is 0 Å². The van der Waals surface area contributed by atoms with Gasteiger partial charge in [-0.25, -0.2) is 0 Å². The van der Waals surface area contributed by atoms with Crippen LogP contribution in [0.3, 0.4) is 0 Å². The first kappa shape index (κ1) is 7.77. The SMILES string of the molecule is [CH](c1ccccc1)C1NCCO1. The highest BCUT2D eigenvalue weighted by Crippen LogP contribution is 2.08. The first-order chi connectivity index (χ1) is 5.95. The normalized spacial score (nSPS) is 22.8. The van der Waals surface area contributed by atoms with E-state index in [9.17, 15) is 0 Å². The fourth-order valence-corrected chi connectivity index (χ4v) is 1.29. The van der Waals surface area contributed by atoms with Crippen molar-refractivity contribution >= 4 is 0 Å². The number of rotatable bonds is 2. The number of benzene rings is 1. The van der Waals surface area contributed by atoms with E-state index in [2.05, 4.69) is 23.9 Å².